The largest absolute Gasteiger partial charge is 0.458 e. The number of alkyl halides is 8. The van der Waals surface area contributed by atoms with Crippen LogP contribution >= 0.6 is 11.6 Å². The van der Waals surface area contributed by atoms with Crippen LogP contribution in [0.25, 0.3) is 11.4 Å². The molecule has 0 fully saturated rings. The van der Waals surface area contributed by atoms with Crippen LogP contribution in [0.1, 0.15) is 11.3 Å². The van der Waals surface area contributed by atoms with Crippen molar-refractivity contribution < 1.29 is 49.5 Å². The fraction of sp³-hybridized carbons (Fsp3) is 0.269. The molecule has 22 heteroatoms. The monoisotopic (exact) mass is 709 g/mol. The summed E-state index contributed by atoms with van der Waals surface area (Å²) in [4.78, 5) is 53.4. The molecule has 1 aromatic carbocycles. The molecule has 1 amide bonds. The number of benzene rings is 1. The Balaban J connectivity index is 0.000000444. The van der Waals surface area contributed by atoms with Gasteiger partial charge in [0.1, 0.15) is 17.4 Å². The number of halogens is 9. The topological polar surface area (TPSA) is 167 Å². The lowest BCUT2D eigenvalue weighted by Crippen LogP contribution is -2.39. The second-order valence-corrected chi connectivity index (χ2v) is 9.67. The van der Waals surface area contributed by atoms with Gasteiger partial charge in [-0.05, 0) is 22.9 Å². The van der Waals surface area contributed by atoms with E-state index in [1.807, 2.05) is 0 Å². The van der Waals surface area contributed by atoms with E-state index in [-0.39, 0.29) is 17.5 Å². The number of pyridine rings is 1. The molecule has 0 aliphatic rings. The normalized spacial score (nSPS) is 11.7. The molecule has 0 unspecified atom stereocenters. The van der Waals surface area contributed by atoms with Crippen LogP contribution in [0.5, 0.6) is 0 Å². The highest BCUT2D eigenvalue weighted by Gasteiger charge is 2.54. The summed E-state index contributed by atoms with van der Waals surface area (Å²) in [6.07, 6.45) is -9.19. The van der Waals surface area contributed by atoms with E-state index in [1.54, 1.807) is 31.3 Å². The van der Waals surface area contributed by atoms with Crippen molar-refractivity contribution in [3.8, 4) is 11.4 Å². The lowest BCUT2D eigenvalue weighted by atomic mass is 10.1. The average Bonchev–Trinajstić information content (AvgIpc) is 3.46. The lowest BCUT2D eigenvalue weighted by Gasteiger charge is -2.17. The standard InChI is InChI=1S/C22H20ClF2N9O2.C4F6O2/c1-33-31-19(30-32-33)15-7-3-2-6-14(15)10-27-18(35)12-34-17(23)11-28-20(21(34)36)29-13-22(24,25)16-8-4-5-9-26-16;5-3(6,7)1(11)2(12)4(8,9)10/h2-9,11H,10,12-13H2,1H3,(H,27,35)(H,28,29);. The van der Waals surface area contributed by atoms with Crippen LogP contribution in [0.15, 0.2) is 59.7 Å². The first-order valence-corrected chi connectivity index (χ1v) is 13.3. The number of ketones is 2. The van der Waals surface area contributed by atoms with Crippen molar-refractivity contribution in [1.29, 1.82) is 0 Å². The second-order valence-electron chi connectivity index (χ2n) is 9.28. The summed E-state index contributed by atoms with van der Waals surface area (Å²) in [7, 11) is 1.64. The number of amides is 1. The Hall–Kier alpha value is -5.34. The quantitative estimate of drug-likeness (QED) is 0.184. The highest BCUT2D eigenvalue weighted by atomic mass is 35.5. The second kappa shape index (κ2) is 15.0. The van der Waals surface area contributed by atoms with E-state index in [1.165, 1.54) is 29.2 Å². The van der Waals surface area contributed by atoms with Crippen LogP contribution in [0, 0.1) is 0 Å². The first kappa shape index (κ1) is 37.1. The molecule has 0 bridgehead atoms. The average molecular weight is 710 g/mol. The molecule has 0 saturated heterocycles. The summed E-state index contributed by atoms with van der Waals surface area (Å²) in [5.41, 5.74) is 0.137. The van der Waals surface area contributed by atoms with Crippen molar-refractivity contribution in [2.24, 2.45) is 7.05 Å². The highest BCUT2D eigenvalue weighted by Crippen LogP contribution is 2.26. The molecule has 256 valence electrons. The zero-order valence-electron chi connectivity index (χ0n) is 24.0. The SMILES string of the molecule is Cn1nnc(-c2ccccc2CNC(=O)Cn2c(Cl)cnc(NCC(F)(F)c3ccccn3)c2=O)n1.O=C(C(=O)C(F)(F)F)C(F)(F)F. The summed E-state index contributed by atoms with van der Waals surface area (Å²) in [5, 5.41) is 16.9. The molecule has 4 rings (SSSR count). The molecular formula is C26H20ClF8N9O4. The van der Waals surface area contributed by atoms with Crippen LogP contribution in [0.2, 0.25) is 5.15 Å². The third-order valence-corrected chi connectivity index (χ3v) is 6.09. The summed E-state index contributed by atoms with van der Waals surface area (Å²) < 4.78 is 96.7. The number of hydrogen-bond acceptors (Lipinski definition) is 10. The Morgan fingerprint density at radius 2 is 1.52 bits per heavy atom. The van der Waals surface area contributed by atoms with Gasteiger partial charge in [-0.3, -0.25) is 28.7 Å². The Morgan fingerprint density at radius 1 is 0.896 bits per heavy atom. The molecule has 0 radical (unpaired) electrons. The molecule has 0 aliphatic heterocycles. The molecule has 0 aliphatic carbocycles. The van der Waals surface area contributed by atoms with Crippen LogP contribution in [-0.4, -0.2) is 71.1 Å². The Kier molecular flexibility index (Phi) is 11.6. The van der Waals surface area contributed by atoms with E-state index in [0.29, 0.717) is 11.4 Å². The fourth-order valence-corrected chi connectivity index (χ4v) is 3.72. The van der Waals surface area contributed by atoms with E-state index in [9.17, 15) is 54.3 Å². The highest BCUT2D eigenvalue weighted by molar-refractivity contribution is 6.41. The number of anilines is 1. The van der Waals surface area contributed by atoms with Crippen molar-refractivity contribution >= 4 is 34.9 Å². The molecule has 3 heterocycles. The zero-order chi connectivity index (χ0) is 35.9. The van der Waals surface area contributed by atoms with Gasteiger partial charge in [-0.2, -0.15) is 39.9 Å². The van der Waals surface area contributed by atoms with E-state index in [4.69, 9.17) is 11.6 Å². The molecular weight excluding hydrogens is 690 g/mol. The number of carbonyl (C=O) groups excluding carboxylic acids is 3. The number of aryl methyl sites for hydroxylation is 1. The minimum absolute atomic E-state index is 0.117. The van der Waals surface area contributed by atoms with Gasteiger partial charge in [0.15, 0.2) is 5.82 Å². The van der Waals surface area contributed by atoms with E-state index < -0.39 is 60.1 Å². The van der Waals surface area contributed by atoms with Crippen LogP contribution in [0.4, 0.5) is 40.9 Å². The number of nitrogens with zero attached hydrogens (tertiary/aromatic N) is 7. The van der Waals surface area contributed by atoms with Gasteiger partial charge < -0.3 is 10.6 Å². The molecule has 2 N–H and O–H groups in total. The number of carbonyl (C=O) groups is 3. The van der Waals surface area contributed by atoms with Gasteiger partial charge in [-0.15, -0.1) is 10.2 Å². The molecule has 0 saturated carbocycles. The van der Waals surface area contributed by atoms with Gasteiger partial charge in [0.25, 0.3) is 5.56 Å². The summed E-state index contributed by atoms with van der Waals surface area (Å²) >= 11 is 6.07. The predicted octanol–water partition coefficient (Wildman–Crippen LogP) is 3.25. The number of Topliss-reactive ketones (excluding diaryl/α,β-unsaturated/α-hetero) is 2. The Labute approximate surface area is 267 Å². The van der Waals surface area contributed by atoms with Crippen molar-refractivity contribution in [2.75, 3.05) is 11.9 Å². The maximum atomic E-state index is 14.4. The van der Waals surface area contributed by atoms with Crippen LogP contribution in [0.3, 0.4) is 0 Å². The number of nitrogens with one attached hydrogen (secondary N) is 2. The molecule has 0 atom stereocenters. The van der Waals surface area contributed by atoms with Crippen LogP contribution in [-0.2, 0) is 40.4 Å². The van der Waals surface area contributed by atoms with Gasteiger partial charge in [0, 0.05) is 18.3 Å². The molecule has 48 heavy (non-hydrogen) atoms. The number of hydrogen-bond donors (Lipinski definition) is 2. The summed E-state index contributed by atoms with van der Waals surface area (Å²) in [6.45, 7) is -1.25. The van der Waals surface area contributed by atoms with Crippen molar-refractivity contribution in [3.63, 3.8) is 0 Å². The molecule has 3 aromatic heterocycles. The summed E-state index contributed by atoms with van der Waals surface area (Å²) in [6, 6.07) is 11.3. The van der Waals surface area contributed by atoms with E-state index in [0.717, 1.165) is 16.3 Å². The lowest BCUT2D eigenvalue weighted by molar-refractivity contribution is -0.193. The first-order valence-electron chi connectivity index (χ1n) is 12.9. The van der Waals surface area contributed by atoms with E-state index in [2.05, 4.69) is 36.0 Å². The van der Waals surface area contributed by atoms with Crippen LogP contribution < -0.4 is 16.2 Å². The summed E-state index contributed by atoms with van der Waals surface area (Å²) in [5.74, 6) is -10.7. The van der Waals surface area contributed by atoms with Crippen molar-refractivity contribution in [1.82, 2.24) is 40.1 Å². The van der Waals surface area contributed by atoms with Gasteiger partial charge in [-0.1, -0.05) is 41.9 Å². The Morgan fingerprint density at radius 3 is 2.08 bits per heavy atom. The number of aromatic nitrogens is 7. The van der Waals surface area contributed by atoms with E-state index >= 15 is 0 Å². The third-order valence-electron chi connectivity index (χ3n) is 5.79. The number of rotatable bonds is 10. The smallest absolute Gasteiger partial charge is 0.359 e. The maximum absolute atomic E-state index is 14.4. The van der Waals surface area contributed by atoms with Gasteiger partial charge >= 0.3 is 29.8 Å². The predicted molar refractivity (Wildman–Crippen MR) is 148 cm³/mol. The maximum Gasteiger partial charge on any atom is 0.458 e. The Bertz CT molecular complexity index is 1810. The van der Waals surface area contributed by atoms with Gasteiger partial charge in [-0.25, -0.2) is 4.98 Å². The first-order chi connectivity index (χ1) is 22.3. The minimum atomic E-state index is -5.77. The van der Waals surface area contributed by atoms with Gasteiger partial charge in [0.2, 0.25) is 11.7 Å². The minimum Gasteiger partial charge on any atom is -0.359 e. The number of tetrazole rings is 1. The third kappa shape index (κ3) is 9.83. The van der Waals surface area contributed by atoms with Gasteiger partial charge in [0.05, 0.1) is 19.8 Å². The molecule has 13 nitrogen and oxygen atoms in total. The molecule has 4 aromatic rings. The fourth-order valence-electron chi connectivity index (χ4n) is 3.54. The zero-order valence-corrected chi connectivity index (χ0v) is 24.7. The molecule has 0 spiro atoms. The van der Waals surface area contributed by atoms with Crippen molar-refractivity contribution in [3.05, 3.63) is 81.6 Å². The van der Waals surface area contributed by atoms with Crippen molar-refractivity contribution in [2.45, 2.75) is 31.4 Å².